The minimum atomic E-state index is -4.57. The number of nitrogens with zero attached hydrogens (tertiary/aromatic N) is 5. The molecular weight excluding hydrogens is 351 g/mol. The molecular formula is C16H18F3N5O2. The van der Waals surface area contributed by atoms with Gasteiger partial charge in [0, 0.05) is 12.1 Å². The average molecular weight is 369 g/mol. The molecule has 26 heavy (non-hydrogen) atoms. The smallest absolute Gasteiger partial charge is 0.374 e. The van der Waals surface area contributed by atoms with E-state index in [1.165, 1.54) is 6.92 Å². The molecule has 1 aliphatic heterocycles. The SMILES string of the molecule is Cc1ccc(-c2nnn(CC(=O)N3CCO[C@@H](C)[C@H]3C(F)(F)F)n2)cc1. The third-order valence-electron chi connectivity index (χ3n) is 4.19. The Bertz CT molecular complexity index is 775. The second-order valence-corrected chi connectivity index (χ2v) is 6.16. The summed E-state index contributed by atoms with van der Waals surface area (Å²) >= 11 is 0. The van der Waals surface area contributed by atoms with E-state index in [9.17, 15) is 18.0 Å². The average Bonchev–Trinajstić information content (AvgIpc) is 3.02. The summed E-state index contributed by atoms with van der Waals surface area (Å²) in [6.45, 7) is 2.75. The fraction of sp³-hybridized carbons (Fsp3) is 0.500. The molecule has 1 fully saturated rings. The third-order valence-corrected chi connectivity index (χ3v) is 4.19. The Balaban J connectivity index is 1.74. The lowest BCUT2D eigenvalue weighted by atomic mass is 10.1. The number of benzene rings is 1. The van der Waals surface area contributed by atoms with Gasteiger partial charge in [0.25, 0.3) is 0 Å². The molecule has 0 radical (unpaired) electrons. The van der Waals surface area contributed by atoms with Crippen molar-refractivity contribution in [2.75, 3.05) is 13.2 Å². The van der Waals surface area contributed by atoms with Gasteiger partial charge in [-0.1, -0.05) is 29.8 Å². The van der Waals surface area contributed by atoms with Gasteiger partial charge in [-0.25, -0.2) is 0 Å². The van der Waals surface area contributed by atoms with Gasteiger partial charge in [-0.3, -0.25) is 4.79 Å². The molecule has 0 bridgehead atoms. The molecule has 1 saturated heterocycles. The van der Waals surface area contributed by atoms with E-state index < -0.39 is 30.8 Å². The van der Waals surface area contributed by atoms with Crippen LogP contribution in [0.1, 0.15) is 12.5 Å². The zero-order chi connectivity index (χ0) is 18.9. The standard InChI is InChI=1S/C16H18F3N5O2/c1-10-3-5-12(6-4-10)15-20-22-24(21-15)9-13(25)23-7-8-26-11(2)14(23)16(17,18)19/h3-6,11,14H,7-9H2,1-2H3/t11-,14-/m0/s1. The van der Waals surface area contributed by atoms with Crippen molar-refractivity contribution in [2.24, 2.45) is 0 Å². The molecule has 2 aromatic rings. The van der Waals surface area contributed by atoms with Crippen molar-refractivity contribution in [1.29, 1.82) is 0 Å². The van der Waals surface area contributed by atoms with Gasteiger partial charge >= 0.3 is 6.18 Å². The van der Waals surface area contributed by atoms with Gasteiger partial charge in [0.15, 0.2) is 6.04 Å². The number of amides is 1. The molecule has 0 saturated carbocycles. The highest BCUT2D eigenvalue weighted by Crippen LogP contribution is 2.31. The first-order valence-corrected chi connectivity index (χ1v) is 8.08. The lowest BCUT2D eigenvalue weighted by Gasteiger charge is -2.40. The van der Waals surface area contributed by atoms with E-state index in [1.54, 1.807) is 0 Å². The molecule has 3 rings (SSSR count). The Morgan fingerprint density at radius 2 is 2.00 bits per heavy atom. The number of hydrogen-bond donors (Lipinski definition) is 0. The first kappa shape index (κ1) is 18.3. The van der Waals surface area contributed by atoms with Crippen LogP contribution in [-0.4, -0.2) is 62.5 Å². The predicted molar refractivity (Wildman–Crippen MR) is 85.0 cm³/mol. The zero-order valence-electron chi connectivity index (χ0n) is 14.3. The van der Waals surface area contributed by atoms with Gasteiger partial charge < -0.3 is 9.64 Å². The number of halogens is 3. The van der Waals surface area contributed by atoms with Gasteiger partial charge in [-0.2, -0.15) is 18.0 Å². The molecule has 7 nitrogen and oxygen atoms in total. The second-order valence-electron chi connectivity index (χ2n) is 6.16. The van der Waals surface area contributed by atoms with Crippen molar-refractivity contribution < 1.29 is 22.7 Å². The van der Waals surface area contributed by atoms with Crippen molar-refractivity contribution in [1.82, 2.24) is 25.1 Å². The van der Waals surface area contributed by atoms with Gasteiger partial charge in [0.2, 0.25) is 11.7 Å². The van der Waals surface area contributed by atoms with Gasteiger partial charge in [-0.05, 0) is 19.1 Å². The summed E-state index contributed by atoms with van der Waals surface area (Å²) in [5.74, 6) is -0.421. The maximum absolute atomic E-state index is 13.3. The molecule has 1 aliphatic rings. The van der Waals surface area contributed by atoms with Crippen LogP contribution in [0.2, 0.25) is 0 Å². The van der Waals surface area contributed by atoms with Crippen LogP contribution in [0, 0.1) is 6.92 Å². The number of carbonyl (C=O) groups is 1. The van der Waals surface area contributed by atoms with Crippen molar-refractivity contribution in [3.8, 4) is 11.4 Å². The van der Waals surface area contributed by atoms with Crippen LogP contribution in [0.15, 0.2) is 24.3 Å². The molecule has 2 heterocycles. The number of alkyl halides is 3. The monoisotopic (exact) mass is 369 g/mol. The minimum absolute atomic E-state index is 0.0545. The number of carbonyl (C=O) groups excluding carboxylic acids is 1. The van der Waals surface area contributed by atoms with Crippen molar-refractivity contribution in [3.05, 3.63) is 29.8 Å². The normalized spacial score (nSPS) is 21.0. The van der Waals surface area contributed by atoms with Crippen LogP contribution < -0.4 is 0 Å². The molecule has 0 spiro atoms. The summed E-state index contributed by atoms with van der Waals surface area (Å²) in [6.07, 6.45) is -5.70. The Morgan fingerprint density at radius 1 is 1.31 bits per heavy atom. The maximum atomic E-state index is 13.3. The van der Waals surface area contributed by atoms with Gasteiger partial charge in [0.05, 0.1) is 12.7 Å². The summed E-state index contributed by atoms with van der Waals surface area (Å²) in [5.41, 5.74) is 1.78. The van der Waals surface area contributed by atoms with Crippen LogP contribution in [0.4, 0.5) is 13.2 Å². The fourth-order valence-electron chi connectivity index (χ4n) is 2.88. The lowest BCUT2D eigenvalue weighted by Crippen LogP contribution is -2.60. The molecule has 1 aromatic carbocycles. The van der Waals surface area contributed by atoms with Crippen LogP contribution in [0.5, 0.6) is 0 Å². The van der Waals surface area contributed by atoms with E-state index in [0.717, 1.165) is 15.3 Å². The first-order chi connectivity index (χ1) is 12.3. The summed E-state index contributed by atoms with van der Waals surface area (Å²) in [5, 5.41) is 11.7. The summed E-state index contributed by atoms with van der Waals surface area (Å²) in [7, 11) is 0. The number of morpholine rings is 1. The van der Waals surface area contributed by atoms with Crippen LogP contribution in [0.3, 0.4) is 0 Å². The number of hydrogen-bond acceptors (Lipinski definition) is 5. The lowest BCUT2D eigenvalue weighted by molar-refractivity contribution is -0.230. The molecule has 10 heteroatoms. The predicted octanol–water partition coefficient (Wildman–Crippen LogP) is 1.83. The number of ether oxygens (including phenoxy) is 1. The highest BCUT2D eigenvalue weighted by Gasteiger charge is 2.50. The fourth-order valence-corrected chi connectivity index (χ4v) is 2.88. The van der Waals surface area contributed by atoms with Gasteiger partial charge in [-0.15, -0.1) is 10.2 Å². The Morgan fingerprint density at radius 3 is 2.65 bits per heavy atom. The molecule has 2 atom stereocenters. The van der Waals surface area contributed by atoms with Crippen LogP contribution >= 0.6 is 0 Å². The van der Waals surface area contributed by atoms with E-state index in [-0.39, 0.29) is 13.2 Å². The molecule has 0 unspecified atom stereocenters. The quantitative estimate of drug-likeness (QED) is 0.825. The molecule has 0 N–H and O–H groups in total. The van der Waals surface area contributed by atoms with E-state index >= 15 is 0 Å². The van der Waals surface area contributed by atoms with Crippen LogP contribution in [-0.2, 0) is 16.1 Å². The minimum Gasteiger partial charge on any atom is -0.374 e. The van der Waals surface area contributed by atoms with Crippen LogP contribution in [0.25, 0.3) is 11.4 Å². The number of aryl methyl sites for hydroxylation is 1. The molecule has 1 aromatic heterocycles. The summed E-state index contributed by atoms with van der Waals surface area (Å²) in [6, 6.07) is 5.39. The van der Waals surface area contributed by atoms with E-state index in [1.807, 2.05) is 31.2 Å². The Kier molecular flexibility index (Phi) is 4.94. The summed E-state index contributed by atoms with van der Waals surface area (Å²) < 4.78 is 44.9. The highest BCUT2D eigenvalue weighted by molar-refractivity contribution is 5.76. The molecule has 140 valence electrons. The second kappa shape index (κ2) is 7.02. The number of tetrazole rings is 1. The first-order valence-electron chi connectivity index (χ1n) is 8.08. The maximum Gasteiger partial charge on any atom is 0.411 e. The summed E-state index contributed by atoms with van der Waals surface area (Å²) in [4.78, 5) is 14.2. The topological polar surface area (TPSA) is 73.1 Å². The van der Waals surface area contributed by atoms with E-state index in [4.69, 9.17) is 4.74 Å². The third kappa shape index (κ3) is 3.85. The number of aromatic nitrogens is 4. The van der Waals surface area contributed by atoms with E-state index in [0.29, 0.717) is 11.4 Å². The zero-order valence-corrected chi connectivity index (χ0v) is 14.3. The van der Waals surface area contributed by atoms with Crippen molar-refractivity contribution in [2.45, 2.75) is 38.7 Å². The largest absolute Gasteiger partial charge is 0.411 e. The van der Waals surface area contributed by atoms with Gasteiger partial charge in [0.1, 0.15) is 6.54 Å². The molecule has 1 amide bonds. The molecule has 0 aliphatic carbocycles. The Labute approximate surface area is 147 Å². The number of rotatable bonds is 3. The van der Waals surface area contributed by atoms with E-state index in [2.05, 4.69) is 15.4 Å². The highest BCUT2D eigenvalue weighted by atomic mass is 19.4. The van der Waals surface area contributed by atoms with Crippen molar-refractivity contribution >= 4 is 5.91 Å². The van der Waals surface area contributed by atoms with Crippen molar-refractivity contribution in [3.63, 3.8) is 0 Å². The Hall–Kier alpha value is -2.49.